The first-order chi connectivity index (χ1) is 8.86. The van der Waals surface area contributed by atoms with Gasteiger partial charge in [-0.1, -0.05) is 0 Å². The Morgan fingerprint density at radius 3 is 3.22 bits per heavy atom. The van der Waals surface area contributed by atoms with E-state index in [0.717, 1.165) is 48.9 Å². The Balaban J connectivity index is 1.91. The summed E-state index contributed by atoms with van der Waals surface area (Å²) in [5.41, 5.74) is 3.54. The smallest absolute Gasteiger partial charge is 0.122 e. The van der Waals surface area contributed by atoms with Crippen LogP contribution in [0, 0.1) is 0 Å². The van der Waals surface area contributed by atoms with Gasteiger partial charge in [-0.25, -0.2) is 4.98 Å². The molecule has 94 valence electrons. The second-order valence-electron chi connectivity index (χ2n) is 4.49. The maximum absolute atomic E-state index is 5.62. The van der Waals surface area contributed by atoms with Gasteiger partial charge in [0.1, 0.15) is 11.6 Å². The lowest BCUT2D eigenvalue weighted by atomic mass is 10.0. The molecular formula is C14H16N2OS. The highest BCUT2D eigenvalue weighted by Crippen LogP contribution is 2.29. The zero-order valence-corrected chi connectivity index (χ0v) is 11.0. The highest BCUT2D eigenvalue weighted by molar-refractivity contribution is 7.80. The average Bonchev–Trinajstić information content (AvgIpc) is 2.87. The zero-order chi connectivity index (χ0) is 12.4. The van der Waals surface area contributed by atoms with Gasteiger partial charge in [0, 0.05) is 12.0 Å². The third kappa shape index (κ3) is 2.25. The zero-order valence-electron chi connectivity index (χ0n) is 10.1. The lowest BCUT2D eigenvalue weighted by molar-refractivity contribution is 0.288. The number of benzene rings is 1. The molecule has 1 aromatic carbocycles. The fraction of sp³-hybridized carbons (Fsp3) is 0.357. The molecule has 1 aliphatic rings. The molecule has 1 N–H and O–H groups in total. The molecule has 0 amide bonds. The number of hydrogen-bond acceptors (Lipinski definition) is 3. The van der Waals surface area contributed by atoms with Crippen LogP contribution >= 0.6 is 12.6 Å². The fourth-order valence-electron chi connectivity index (χ4n) is 2.27. The number of nitrogens with one attached hydrogen (secondary N) is 1. The van der Waals surface area contributed by atoms with Crippen molar-refractivity contribution >= 4 is 12.6 Å². The molecule has 2 heterocycles. The molecule has 0 bridgehead atoms. The quantitative estimate of drug-likeness (QED) is 0.833. The van der Waals surface area contributed by atoms with Gasteiger partial charge in [0.15, 0.2) is 0 Å². The Morgan fingerprint density at radius 2 is 2.33 bits per heavy atom. The van der Waals surface area contributed by atoms with Gasteiger partial charge in [-0.05, 0) is 42.4 Å². The predicted molar refractivity (Wildman–Crippen MR) is 75.4 cm³/mol. The Hall–Kier alpha value is -1.42. The van der Waals surface area contributed by atoms with Crippen LogP contribution in [0.4, 0.5) is 0 Å². The summed E-state index contributed by atoms with van der Waals surface area (Å²) < 4.78 is 5.62. The first-order valence-electron chi connectivity index (χ1n) is 6.27. The summed E-state index contributed by atoms with van der Waals surface area (Å²) >= 11 is 4.22. The van der Waals surface area contributed by atoms with Gasteiger partial charge in [-0.3, -0.25) is 0 Å². The third-order valence-electron chi connectivity index (χ3n) is 3.20. The number of thiol groups is 1. The number of ether oxygens (including phenoxy) is 1. The summed E-state index contributed by atoms with van der Waals surface area (Å²) in [6, 6.07) is 6.34. The summed E-state index contributed by atoms with van der Waals surface area (Å²) in [5.74, 6) is 2.83. The molecule has 0 saturated carbocycles. The first kappa shape index (κ1) is 11.7. The van der Waals surface area contributed by atoms with Gasteiger partial charge >= 0.3 is 0 Å². The minimum Gasteiger partial charge on any atom is -0.493 e. The second kappa shape index (κ2) is 5.06. The molecule has 0 atom stereocenters. The molecular weight excluding hydrogens is 244 g/mol. The fourth-order valence-corrected chi connectivity index (χ4v) is 2.48. The number of rotatable bonds is 3. The number of nitrogens with zero attached hydrogens (tertiary/aromatic N) is 1. The van der Waals surface area contributed by atoms with E-state index >= 15 is 0 Å². The Labute approximate surface area is 112 Å². The summed E-state index contributed by atoms with van der Waals surface area (Å²) in [5, 5.41) is 0. The Bertz CT molecular complexity index is 550. The maximum atomic E-state index is 5.62. The Morgan fingerprint density at radius 1 is 1.39 bits per heavy atom. The third-order valence-corrected chi connectivity index (χ3v) is 3.42. The van der Waals surface area contributed by atoms with Crippen LogP contribution in [0.15, 0.2) is 24.4 Å². The number of aromatic amines is 1. The molecule has 1 aromatic heterocycles. The summed E-state index contributed by atoms with van der Waals surface area (Å²) in [6.45, 7) is 0.836. The van der Waals surface area contributed by atoms with Crippen LogP contribution in [0.5, 0.6) is 5.75 Å². The van der Waals surface area contributed by atoms with E-state index in [1.807, 2.05) is 6.20 Å². The second-order valence-corrected chi connectivity index (χ2v) is 4.94. The molecule has 0 aliphatic carbocycles. The summed E-state index contributed by atoms with van der Waals surface area (Å²) in [7, 11) is 0. The molecule has 0 radical (unpaired) electrons. The Kier molecular flexibility index (Phi) is 3.28. The lowest BCUT2D eigenvalue weighted by Gasteiger charge is -2.17. The van der Waals surface area contributed by atoms with Crippen LogP contribution in [-0.4, -0.2) is 22.3 Å². The van der Waals surface area contributed by atoms with Gasteiger partial charge < -0.3 is 9.72 Å². The van der Waals surface area contributed by atoms with Crippen molar-refractivity contribution in [1.29, 1.82) is 0 Å². The van der Waals surface area contributed by atoms with Crippen LogP contribution in [-0.2, 0) is 12.8 Å². The first-order valence-corrected chi connectivity index (χ1v) is 6.91. The van der Waals surface area contributed by atoms with E-state index in [2.05, 4.69) is 40.8 Å². The molecule has 18 heavy (non-hydrogen) atoms. The summed E-state index contributed by atoms with van der Waals surface area (Å²) in [6.07, 6.45) is 4.96. The SMILES string of the molecule is SCCc1ncc(-c2ccc3c(c2)CCCO3)[nH]1. The molecule has 4 heteroatoms. The van der Waals surface area contributed by atoms with Crippen molar-refractivity contribution in [2.24, 2.45) is 0 Å². The monoisotopic (exact) mass is 260 g/mol. The van der Waals surface area contributed by atoms with E-state index < -0.39 is 0 Å². The molecule has 0 spiro atoms. The molecule has 0 saturated heterocycles. The van der Waals surface area contributed by atoms with Gasteiger partial charge in [-0.2, -0.15) is 12.6 Å². The van der Waals surface area contributed by atoms with E-state index in [0.29, 0.717) is 0 Å². The van der Waals surface area contributed by atoms with E-state index in [1.54, 1.807) is 0 Å². The number of H-pyrrole nitrogens is 1. The van der Waals surface area contributed by atoms with E-state index in [9.17, 15) is 0 Å². The van der Waals surface area contributed by atoms with Crippen LogP contribution < -0.4 is 4.74 Å². The molecule has 2 aromatic rings. The molecule has 1 aliphatic heterocycles. The number of fused-ring (bicyclic) bond motifs is 1. The average molecular weight is 260 g/mol. The molecule has 0 fully saturated rings. The van der Waals surface area contributed by atoms with Gasteiger partial charge in [0.2, 0.25) is 0 Å². The number of hydrogen-bond donors (Lipinski definition) is 2. The lowest BCUT2D eigenvalue weighted by Crippen LogP contribution is -2.08. The topological polar surface area (TPSA) is 37.9 Å². The molecule has 0 unspecified atom stereocenters. The normalized spacial score (nSPS) is 14.1. The van der Waals surface area contributed by atoms with Crippen molar-refractivity contribution in [3.8, 4) is 17.0 Å². The van der Waals surface area contributed by atoms with E-state index in [4.69, 9.17) is 4.74 Å². The minimum absolute atomic E-state index is 0.810. The van der Waals surface area contributed by atoms with Gasteiger partial charge in [-0.15, -0.1) is 0 Å². The van der Waals surface area contributed by atoms with E-state index in [-0.39, 0.29) is 0 Å². The highest BCUT2D eigenvalue weighted by Gasteiger charge is 2.12. The number of aromatic nitrogens is 2. The highest BCUT2D eigenvalue weighted by atomic mass is 32.1. The summed E-state index contributed by atoms with van der Waals surface area (Å²) in [4.78, 5) is 7.70. The number of imidazole rings is 1. The van der Waals surface area contributed by atoms with Crippen molar-refractivity contribution in [3.63, 3.8) is 0 Å². The van der Waals surface area contributed by atoms with Crippen LogP contribution in [0.1, 0.15) is 17.8 Å². The number of aryl methyl sites for hydroxylation is 2. The van der Waals surface area contributed by atoms with Gasteiger partial charge in [0.05, 0.1) is 18.5 Å². The van der Waals surface area contributed by atoms with Crippen LogP contribution in [0.25, 0.3) is 11.3 Å². The standard InChI is InChI=1S/C14H16N2OS/c18-7-5-14-15-9-12(16-14)10-3-4-13-11(8-10)2-1-6-17-13/h3-4,8-9,18H,1-2,5-7H2,(H,15,16). The maximum Gasteiger partial charge on any atom is 0.122 e. The van der Waals surface area contributed by atoms with Crippen LogP contribution in [0.3, 0.4) is 0 Å². The van der Waals surface area contributed by atoms with Crippen molar-refractivity contribution in [2.75, 3.05) is 12.4 Å². The van der Waals surface area contributed by atoms with Crippen molar-refractivity contribution in [1.82, 2.24) is 9.97 Å². The van der Waals surface area contributed by atoms with E-state index in [1.165, 1.54) is 11.1 Å². The van der Waals surface area contributed by atoms with Gasteiger partial charge in [0.25, 0.3) is 0 Å². The van der Waals surface area contributed by atoms with Crippen LogP contribution in [0.2, 0.25) is 0 Å². The van der Waals surface area contributed by atoms with Crippen molar-refractivity contribution in [3.05, 3.63) is 35.8 Å². The minimum atomic E-state index is 0.810. The largest absolute Gasteiger partial charge is 0.493 e. The molecule has 3 rings (SSSR count). The predicted octanol–water partition coefficient (Wildman–Crippen LogP) is 2.87. The van der Waals surface area contributed by atoms with Crippen molar-refractivity contribution in [2.45, 2.75) is 19.3 Å². The molecule has 3 nitrogen and oxygen atoms in total. The van der Waals surface area contributed by atoms with Crippen molar-refractivity contribution < 1.29 is 4.74 Å².